The lowest BCUT2D eigenvalue weighted by molar-refractivity contribution is 0.1000. The predicted molar refractivity (Wildman–Crippen MR) is 84.5 cm³/mol. The molecular weight excluding hydrogens is 278 g/mol. The molecule has 0 radical (unpaired) electrons. The summed E-state index contributed by atoms with van der Waals surface area (Å²) in [6, 6.07) is 7.69. The first-order valence-corrected chi connectivity index (χ1v) is 7.34. The average Bonchev–Trinajstić information content (AvgIpc) is 2.57. The fraction of sp³-hybridized carbons (Fsp3) is 0.312. The first kappa shape index (κ1) is 14.5. The Hall–Kier alpha value is -2.47. The van der Waals surface area contributed by atoms with Gasteiger partial charge in [0, 0.05) is 51.3 Å². The lowest BCUT2D eigenvalue weighted by atomic mass is 10.2. The van der Waals surface area contributed by atoms with Crippen LogP contribution in [0.15, 0.2) is 42.9 Å². The summed E-state index contributed by atoms with van der Waals surface area (Å²) in [5, 5.41) is 0. The number of primary amides is 1. The van der Waals surface area contributed by atoms with Crippen LogP contribution in [0.2, 0.25) is 0 Å². The minimum absolute atomic E-state index is 0.443. The number of hydrogen-bond donors (Lipinski definition) is 1. The Morgan fingerprint density at radius 1 is 1.09 bits per heavy atom. The molecule has 2 aromatic heterocycles. The minimum Gasteiger partial charge on any atom is -0.366 e. The van der Waals surface area contributed by atoms with E-state index in [0.29, 0.717) is 5.56 Å². The molecule has 0 saturated carbocycles. The molecule has 0 spiro atoms. The smallest absolute Gasteiger partial charge is 0.250 e. The average molecular weight is 297 g/mol. The molecule has 6 nitrogen and oxygen atoms in total. The molecule has 6 heteroatoms. The van der Waals surface area contributed by atoms with Gasteiger partial charge in [0.1, 0.15) is 5.82 Å². The van der Waals surface area contributed by atoms with Crippen LogP contribution in [-0.2, 0) is 6.54 Å². The molecule has 1 aliphatic heterocycles. The third-order valence-electron chi connectivity index (χ3n) is 3.88. The minimum atomic E-state index is -0.443. The third kappa shape index (κ3) is 3.40. The largest absolute Gasteiger partial charge is 0.366 e. The second-order valence-corrected chi connectivity index (χ2v) is 5.39. The molecule has 114 valence electrons. The number of hydrogen-bond acceptors (Lipinski definition) is 5. The maximum atomic E-state index is 11.1. The Balaban J connectivity index is 1.56. The van der Waals surface area contributed by atoms with E-state index in [1.54, 1.807) is 12.3 Å². The van der Waals surface area contributed by atoms with Crippen LogP contribution in [0.25, 0.3) is 0 Å². The van der Waals surface area contributed by atoms with Gasteiger partial charge in [-0.15, -0.1) is 0 Å². The highest BCUT2D eigenvalue weighted by Crippen LogP contribution is 2.15. The van der Waals surface area contributed by atoms with Crippen molar-refractivity contribution in [3.8, 4) is 0 Å². The van der Waals surface area contributed by atoms with Crippen molar-refractivity contribution in [2.45, 2.75) is 6.54 Å². The third-order valence-corrected chi connectivity index (χ3v) is 3.88. The molecule has 1 aliphatic rings. The number of rotatable bonds is 4. The summed E-state index contributed by atoms with van der Waals surface area (Å²) in [5.74, 6) is 0.454. The molecule has 2 N–H and O–H groups in total. The lowest BCUT2D eigenvalue weighted by Crippen LogP contribution is -2.46. The van der Waals surface area contributed by atoms with E-state index in [-0.39, 0.29) is 0 Å². The molecule has 0 aliphatic carbocycles. The van der Waals surface area contributed by atoms with Crippen LogP contribution in [0.3, 0.4) is 0 Å². The summed E-state index contributed by atoms with van der Waals surface area (Å²) >= 11 is 0. The van der Waals surface area contributed by atoms with E-state index in [1.165, 1.54) is 5.56 Å². The molecule has 3 heterocycles. The number of anilines is 1. The Bertz CT molecular complexity index is 621. The van der Waals surface area contributed by atoms with Crippen LogP contribution >= 0.6 is 0 Å². The van der Waals surface area contributed by atoms with Crippen LogP contribution in [0, 0.1) is 0 Å². The highest BCUT2D eigenvalue weighted by molar-refractivity contribution is 5.92. The maximum Gasteiger partial charge on any atom is 0.250 e. The van der Waals surface area contributed by atoms with Gasteiger partial charge >= 0.3 is 0 Å². The van der Waals surface area contributed by atoms with Crippen molar-refractivity contribution in [1.82, 2.24) is 14.9 Å². The zero-order valence-electron chi connectivity index (χ0n) is 12.4. The van der Waals surface area contributed by atoms with Gasteiger partial charge in [-0.1, -0.05) is 0 Å². The van der Waals surface area contributed by atoms with Crippen LogP contribution in [0.5, 0.6) is 0 Å². The number of nitrogens with two attached hydrogens (primary N) is 1. The monoisotopic (exact) mass is 297 g/mol. The number of aromatic nitrogens is 2. The second kappa shape index (κ2) is 6.53. The molecule has 0 atom stereocenters. The summed E-state index contributed by atoms with van der Waals surface area (Å²) in [7, 11) is 0. The van der Waals surface area contributed by atoms with Gasteiger partial charge < -0.3 is 10.6 Å². The summed E-state index contributed by atoms with van der Waals surface area (Å²) in [4.78, 5) is 24.1. The number of piperazine rings is 1. The summed E-state index contributed by atoms with van der Waals surface area (Å²) in [5.41, 5.74) is 6.96. The maximum absolute atomic E-state index is 11.1. The molecule has 22 heavy (non-hydrogen) atoms. The highest BCUT2D eigenvalue weighted by atomic mass is 16.1. The molecule has 1 saturated heterocycles. The number of amides is 1. The van der Waals surface area contributed by atoms with Gasteiger partial charge in [0.05, 0.1) is 5.56 Å². The van der Waals surface area contributed by atoms with Crippen molar-refractivity contribution in [2.75, 3.05) is 31.1 Å². The molecule has 0 unspecified atom stereocenters. The van der Waals surface area contributed by atoms with Crippen molar-refractivity contribution in [1.29, 1.82) is 0 Å². The van der Waals surface area contributed by atoms with E-state index in [9.17, 15) is 4.79 Å². The van der Waals surface area contributed by atoms with E-state index < -0.39 is 5.91 Å². The zero-order valence-corrected chi connectivity index (χ0v) is 12.4. The molecule has 2 aromatic rings. The zero-order chi connectivity index (χ0) is 15.4. The van der Waals surface area contributed by atoms with Crippen LogP contribution < -0.4 is 10.6 Å². The Morgan fingerprint density at radius 2 is 1.82 bits per heavy atom. The van der Waals surface area contributed by atoms with Gasteiger partial charge in [-0.25, -0.2) is 4.98 Å². The molecule has 0 aromatic carbocycles. The summed E-state index contributed by atoms with van der Waals surface area (Å²) in [6.45, 7) is 4.77. The van der Waals surface area contributed by atoms with E-state index in [4.69, 9.17) is 5.73 Å². The number of pyridine rings is 2. The van der Waals surface area contributed by atoms with Crippen LogP contribution in [0.1, 0.15) is 15.9 Å². The number of carbonyl (C=O) groups excluding carboxylic acids is 1. The fourth-order valence-corrected chi connectivity index (χ4v) is 2.60. The van der Waals surface area contributed by atoms with Gasteiger partial charge in [-0.05, 0) is 29.8 Å². The van der Waals surface area contributed by atoms with Crippen molar-refractivity contribution in [3.05, 3.63) is 54.0 Å². The summed E-state index contributed by atoms with van der Waals surface area (Å²) < 4.78 is 0. The Kier molecular flexibility index (Phi) is 4.29. The van der Waals surface area contributed by atoms with Crippen LogP contribution in [0.4, 0.5) is 5.82 Å². The van der Waals surface area contributed by atoms with Crippen molar-refractivity contribution in [3.63, 3.8) is 0 Å². The quantitative estimate of drug-likeness (QED) is 0.907. The molecule has 3 rings (SSSR count). The van der Waals surface area contributed by atoms with Gasteiger partial charge in [0.15, 0.2) is 0 Å². The van der Waals surface area contributed by atoms with Gasteiger partial charge in [0.25, 0.3) is 0 Å². The topological polar surface area (TPSA) is 75.4 Å². The van der Waals surface area contributed by atoms with Crippen molar-refractivity contribution in [2.24, 2.45) is 5.73 Å². The Morgan fingerprint density at radius 3 is 2.41 bits per heavy atom. The van der Waals surface area contributed by atoms with E-state index >= 15 is 0 Å². The molecular formula is C16H19N5O. The lowest BCUT2D eigenvalue weighted by Gasteiger charge is -2.35. The van der Waals surface area contributed by atoms with Gasteiger partial charge in [-0.3, -0.25) is 14.7 Å². The first-order chi connectivity index (χ1) is 10.7. The van der Waals surface area contributed by atoms with Gasteiger partial charge in [0.2, 0.25) is 5.91 Å². The fourth-order valence-electron chi connectivity index (χ4n) is 2.60. The highest BCUT2D eigenvalue weighted by Gasteiger charge is 2.18. The molecule has 1 amide bonds. The van der Waals surface area contributed by atoms with E-state index in [0.717, 1.165) is 38.5 Å². The molecule has 1 fully saturated rings. The summed E-state index contributed by atoms with van der Waals surface area (Å²) in [6.07, 6.45) is 5.20. The predicted octanol–water partition coefficient (Wildman–Crippen LogP) is 0.898. The number of carbonyl (C=O) groups is 1. The second-order valence-electron chi connectivity index (χ2n) is 5.39. The normalized spacial score (nSPS) is 15.7. The molecule has 0 bridgehead atoms. The first-order valence-electron chi connectivity index (χ1n) is 7.34. The van der Waals surface area contributed by atoms with Crippen molar-refractivity contribution >= 4 is 11.7 Å². The van der Waals surface area contributed by atoms with Crippen molar-refractivity contribution < 1.29 is 4.79 Å². The number of nitrogens with zero attached hydrogens (tertiary/aromatic N) is 4. The SMILES string of the molecule is NC(=O)c1ccc(N2CCN(Cc3ccncc3)CC2)nc1. The van der Waals surface area contributed by atoms with Crippen LogP contribution in [-0.4, -0.2) is 47.0 Å². The van der Waals surface area contributed by atoms with E-state index in [1.807, 2.05) is 18.5 Å². The Labute approximate surface area is 129 Å². The van der Waals surface area contributed by atoms with Gasteiger partial charge in [-0.2, -0.15) is 0 Å². The standard InChI is InChI=1S/C16H19N5O/c17-16(22)14-1-2-15(19-11-14)21-9-7-20(8-10-21)12-13-3-5-18-6-4-13/h1-6,11H,7-10,12H2,(H2,17,22). The van der Waals surface area contributed by atoms with E-state index in [2.05, 4.69) is 31.9 Å².